The van der Waals surface area contributed by atoms with E-state index in [4.69, 9.17) is 9.15 Å². The molecule has 174 valence electrons. The average Bonchev–Trinajstić information content (AvgIpc) is 3.28. The Morgan fingerprint density at radius 3 is 2.44 bits per heavy atom. The molecule has 1 amide bonds. The molecule has 0 unspecified atom stereocenters. The number of furan rings is 1. The van der Waals surface area contributed by atoms with Crippen molar-refractivity contribution >= 4 is 17.0 Å². The molecule has 1 N–H and O–H groups in total. The topological polar surface area (TPSA) is 88.7 Å². The zero-order valence-electron chi connectivity index (χ0n) is 18.9. The van der Waals surface area contributed by atoms with E-state index in [9.17, 15) is 14.3 Å². The Morgan fingerprint density at radius 1 is 1.03 bits per heavy atom. The van der Waals surface area contributed by atoms with Crippen molar-refractivity contribution in [3.8, 4) is 22.6 Å². The van der Waals surface area contributed by atoms with Gasteiger partial charge in [0, 0.05) is 41.4 Å². The molecule has 7 nitrogen and oxygen atoms in total. The van der Waals surface area contributed by atoms with Crippen LogP contribution in [0.2, 0.25) is 0 Å². The fourth-order valence-electron chi connectivity index (χ4n) is 4.07. The summed E-state index contributed by atoms with van der Waals surface area (Å²) < 4.78 is 25.7. The fraction of sp³-hybridized carbons (Fsp3) is 0.269. The summed E-state index contributed by atoms with van der Waals surface area (Å²) in [6.07, 6.45) is 1.42. The molecule has 8 heteroatoms. The van der Waals surface area contributed by atoms with Crippen molar-refractivity contribution in [1.29, 1.82) is 0 Å². The first-order chi connectivity index (χ1) is 16.3. The number of ether oxygens (including phenoxy) is 1. The Morgan fingerprint density at radius 2 is 1.74 bits per heavy atom. The van der Waals surface area contributed by atoms with E-state index in [1.807, 2.05) is 12.1 Å². The number of amides is 1. The smallest absolute Gasteiger partial charge is 0.254 e. The summed E-state index contributed by atoms with van der Waals surface area (Å²) in [5, 5.41) is 10.3. The van der Waals surface area contributed by atoms with Crippen LogP contribution < -0.4 is 0 Å². The van der Waals surface area contributed by atoms with Gasteiger partial charge in [-0.05, 0) is 44.2 Å². The first-order valence-electron chi connectivity index (χ1n) is 11.1. The highest BCUT2D eigenvalue weighted by molar-refractivity contribution is 5.95. The van der Waals surface area contributed by atoms with Crippen molar-refractivity contribution in [3.05, 3.63) is 71.8 Å². The van der Waals surface area contributed by atoms with Crippen LogP contribution in [0.1, 0.15) is 29.8 Å². The number of nitrogens with zero attached hydrogens (tertiary/aromatic N) is 3. The Bertz CT molecular complexity index is 1350. The molecule has 3 heterocycles. The van der Waals surface area contributed by atoms with E-state index in [1.54, 1.807) is 35.2 Å². The van der Waals surface area contributed by atoms with E-state index in [0.717, 1.165) is 5.56 Å². The molecule has 1 aliphatic rings. The van der Waals surface area contributed by atoms with Gasteiger partial charge in [0.15, 0.2) is 5.58 Å². The Labute approximate surface area is 195 Å². The maximum Gasteiger partial charge on any atom is 0.254 e. The number of carbonyl (C=O) groups excluding carboxylic acids is 1. The van der Waals surface area contributed by atoms with Gasteiger partial charge < -0.3 is 19.2 Å². The second kappa shape index (κ2) is 8.62. The zero-order valence-corrected chi connectivity index (χ0v) is 18.9. The van der Waals surface area contributed by atoms with Crippen molar-refractivity contribution < 1.29 is 23.4 Å². The number of rotatable bonds is 4. The zero-order chi connectivity index (χ0) is 23.9. The van der Waals surface area contributed by atoms with Gasteiger partial charge in [0.05, 0.1) is 18.8 Å². The summed E-state index contributed by atoms with van der Waals surface area (Å²) in [5.74, 6) is 0.0619. The lowest BCUT2D eigenvalue weighted by Crippen LogP contribution is -2.40. The van der Waals surface area contributed by atoms with Crippen molar-refractivity contribution in [1.82, 2.24) is 14.9 Å². The summed E-state index contributed by atoms with van der Waals surface area (Å²) in [7, 11) is 0. The number of fused-ring (bicyclic) bond motifs is 1. The van der Waals surface area contributed by atoms with Gasteiger partial charge in [-0.1, -0.05) is 12.1 Å². The molecule has 0 spiro atoms. The predicted octanol–water partition coefficient (Wildman–Crippen LogP) is 4.40. The van der Waals surface area contributed by atoms with Gasteiger partial charge in [-0.3, -0.25) is 4.79 Å². The van der Waals surface area contributed by atoms with Crippen molar-refractivity contribution in [2.24, 2.45) is 0 Å². The van der Waals surface area contributed by atoms with Crippen LogP contribution in [0.5, 0.6) is 0 Å². The molecule has 0 bridgehead atoms. The molecule has 1 fully saturated rings. The highest BCUT2D eigenvalue weighted by atomic mass is 19.1. The number of aromatic nitrogens is 2. The molecule has 2 aromatic carbocycles. The third-order valence-corrected chi connectivity index (χ3v) is 5.92. The van der Waals surface area contributed by atoms with Gasteiger partial charge in [0.2, 0.25) is 0 Å². The molecule has 1 saturated heterocycles. The van der Waals surface area contributed by atoms with E-state index in [0.29, 0.717) is 60.0 Å². The lowest BCUT2D eigenvalue weighted by molar-refractivity contribution is 0.0303. The number of aliphatic hydroxyl groups is 1. The maximum absolute atomic E-state index is 14.3. The first kappa shape index (κ1) is 22.2. The molecular weight excluding hydrogens is 437 g/mol. The van der Waals surface area contributed by atoms with Gasteiger partial charge in [0.25, 0.3) is 5.91 Å². The first-order valence-corrected chi connectivity index (χ1v) is 11.1. The van der Waals surface area contributed by atoms with E-state index in [1.165, 1.54) is 26.2 Å². The van der Waals surface area contributed by atoms with Crippen LogP contribution in [0, 0.1) is 5.82 Å². The van der Waals surface area contributed by atoms with Gasteiger partial charge in [-0.2, -0.15) is 0 Å². The fourth-order valence-corrected chi connectivity index (χ4v) is 4.07. The number of benzene rings is 2. The molecular formula is C26H24FN3O4. The van der Waals surface area contributed by atoms with Crippen molar-refractivity contribution in [2.75, 3.05) is 26.3 Å². The molecule has 5 rings (SSSR count). The highest BCUT2D eigenvalue weighted by Crippen LogP contribution is 2.34. The van der Waals surface area contributed by atoms with E-state index in [-0.39, 0.29) is 11.5 Å². The number of morpholine rings is 1. The number of hydrogen-bond donors (Lipinski definition) is 1. The lowest BCUT2D eigenvalue weighted by Gasteiger charge is -2.26. The van der Waals surface area contributed by atoms with E-state index < -0.39 is 11.4 Å². The molecule has 0 saturated carbocycles. The van der Waals surface area contributed by atoms with Crippen LogP contribution in [-0.2, 0) is 10.3 Å². The summed E-state index contributed by atoms with van der Waals surface area (Å²) in [6.45, 7) is 5.34. The molecule has 4 aromatic rings. The average molecular weight is 461 g/mol. The quantitative estimate of drug-likeness (QED) is 0.485. The van der Waals surface area contributed by atoms with Crippen molar-refractivity contribution in [2.45, 2.75) is 19.4 Å². The number of hydrogen-bond acceptors (Lipinski definition) is 6. The van der Waals surface area contributed by atoms with Crippen LogP contribution >= 0.6 is 0 Å². The van der Waals surface area contributed by atoms with Gasteiger partial charge in [-0.25, -0.2) is 14.4 Å². The Hall–Kier alpha value is -3.62. The minimum Gasteiger partial charge on any atom is -0.452 e. The standard InChI is InChI=1S/C26H24FN3O4/c1-26(2,32)19-13-18(7-8-20(19)27)23-24-21(28-15-29-23)14-22(34-24)16-3-5-17(6-4-16)25(31)30-9-11-33-12-10-30/h3-8,13-15,32H,9-12H2,1-2H3. The maximum atomic E-state index is 14.3. The molecule has 1 aliphatic heterocycles. The number of carbonyl (C=O) groups is 1. The summed E-state index contributed by atoms with van der Waals surface area (Å²) in [6, 6.07) is 13.5. The minimum absolute atomic E-state index is 0.0217. The summed E-state index contributed by atoms with van der Waals surface area (Å²) in [4.78, 5) is 23.1. The van der Waals surface area contributed by atoms with Gasteiger partial charge >= 0.3 is 0 Å². The second-order valence-corrected chi connectivity index (χ2v) is 8.78. The lowest BCUT2D eigenvalue weighted by atomic mass is 9.95. The van der Waals surface area contributed by atoms with Crippen LogP contribution in [0.3, 0.4) is 0 Å². The minimum atomic E-state index is -1.35. The second-order valence-electron chi connectivity index (χ2n) is 8.78. The van der Waals surface area contributed by atoms with Crippen LogP contribution in [0.4, 0.5) is 4.39 Å². The molecule has 0 aliphatic carbocycles. The molecule has 2 aromatic heterocycles. The molecule has 0 radical (unpaired) electrons. The Kier molecular flexibility index (Phi) is 5.63. The summed E-state index contributed by atoms with van der Waals surface area (Å²) in [5.41, 5.74) is 2.39. The van der Waals surface area contributed by atoms with Crippen molar-refractivity contribution in [3.63, 3.8) is 0 Å². The van der Waals surface area contributed by atoms with E-state index in [2.05, 4.69) is 9.97 Å². The Balaban J connectivity index is 1.48. The van der Waals surface area contributed by atoms with Gasteiger partial charge in [0.1, 0.15) is 29.1 Å². The van der Waals surface area contributed by atoms with E-state index >= 15 is 0 Å². The van der Waals surface area contributed by atoms with Crippen LogP contribution in [0.15, 0.2) is 59.3 Å². The van der Waals surface area contributed by atoms with Crippen LogP contribution in [0.25, 0.3) is 33.7 Å². The largest absolute Gasteiger partial charge is 0.452 e. The number of halogens is 1. The monoisotopic (exact) mass is 461 g/mol. The molecule has 34 heavy (non-hydrogen) atoms. The van der Waals surface area contributed by atoms with Gasteiger partial charge in [-0.15, -0.1) is 0 Å². The SMILES string of the molecule is CC(C)(O)c1cc(-c2ncnc3cc(-c4ccc(C(=O)N5CCOCC5)cc4)oc23)ccc1F. The normalized spacial score (nSPS) is 14.5. The highest BCUT2D eigenvalue weighted by Gasteiger charge is 2.23. The summed E-state index contributed by atoms with van der Waals surface area (Å²) >= 11 is 0. The van der Waals surface area contributed by atoms with Crippen LogP contribution in [-0.4, -0.2) is 52.2 Å². The third-order valence-electron chi connectivity index (χ3n) is 5.92. The molecule has 0 atom stereocenters. The predicted molar refractivity (Wildman–Crippen MR) is 125 cm³/mol. The third kappa shape index (κ3) is 4.18.